The molecule has 4 heteroatoms. The Labute approximate surface area is 327 Å². The van der Waals surface area contributed by atoms with Crippen LogP contribution in [0.15, 0.2) is 0 Å². The molecule has 1 amide bonds. The van der Waals surface area contributed by atoms with Crippen LogP contribution in [0, 0.1) is 0 Å². The Morgan fingerprint density at radius 1 is 0.385 bits per heavy atom. The summed E-state index contributed by atoms with van der Waals surface area (Å²) in [6.07, 6.45) is 55.0. The first-order valence-corrected chi connectivity index (χ1v) is 24.2. The number of aliphatic hydroxyl groups excluding tert-OH is 2. The van der Waals surface area contributed by atoms with Gasteiger partial charge in [0, 0.05) is 6.42 Å². The van der Waals surface area contributed by atoms with Crippen molar-refractivity contribution in [2.75, 3.05) is 6.61 Å². The van der Waals surface area contributed by atoms with Gasteiger partial charge in [0.05, 0.1) is 18.8 Å². The minimum Gasteiger partial charge on any atom is -0.394 e. The molecule has 3 N–H and O–H groups in total. The first-order valence-electron chi connectivity index (χ1n) is 24.2. The zero-order valence-electron chi connectivity index (χ0n) is 35.9. The SMILES string of the molecule is CCCCCCCCCCCCCCCCCCCCCCCCCCCCCCCC(=O)NC(CO)C(O)CCCCCCCCCCCCC. The van der Waals surface area contributed by atoms with Gasteiger partial charge >= 0.3 is 0 Å². The summed E-state index contributed by atoms with van der Waals surface area (Å²) in [5, 5.41) is 23.1. The largest absolute Gasteiger partial charge is 0.394 e. The summed E-state index contributed by atoms with van der Waals surface area (Å²) in [6.45, 7) is 4.37. The second kappa shape index (κ2) is 44.8. The highest BCUT2D eigenvalue weighted by Crippen LogP contribution is 2.17. The van der Waals surface area contributed by atoms with Crippen LogP contribution >= 0.6 is 0 Å². The van der Waals surface area contributed by atoms with E-state index in [0.29, 0.717) is 12.8 Å². The topological polar surface area (TPSA) is 69.6 Å². The molecule has 2 unspecified atom stereocenters. The number of hydrogen-bond donors (Lipinski definition) is 3. The van der Waals surface area contributed by atoms with E-state index in [1.54, 1.807) is 0 Å². The molecule has 0 rings (SSSR count). The standard InChI is InChI=1S/C48H97NO3/c1-3-5-7-9-11-13-15-16-17-18-19-20-21-22-23-24-25-26-27-28-29-30-31-32-34-36-38-40-42-44-48(52)49-46(45-50)47(51)43-41-39-37-35-33-14-12-10-8-6-4-2/h46-47,50-51H,3-45H2,1-2H3,(H,49,52). The number of carbonyl (C=O) groups excluding carboxylic acids is 1. The van der Waals surface area contributed by atoms with Gasteiger partial charge in [-0.05, 0) is 12.8 Å². The quantitative estimate of drug-likeness (QED) is 0.0545. The van der Waals surface area contributed by atoms with Crippen molar-refractivity contribution in [1.82, 2.24) is 5.32 Å². The fraction of sp³-hybridized carbons (Fsp3) is 0.979. The van der Waals surface area contributed by atoms with Gasteiger partial charge in [0.1, 0.15) is 0 Å². The molecule has 2 atom stereocenters. The van der Waals surface area contributed by atoms with Crippen molar-refractivity contribution >= 4 is 5.91 Å². The van der Waals surface area contributed by atoms with Crippen LogP contribution in [0.2, 0.25) is 0 Å². The van der Waals surface area contributed by atoms with Gasteiger partial charge in [-0.3, -0.25) is 4.79 Å². The predicted octanol–water partition coefficient (Wildman–Crippen LogP) is 15.2. The number of hydrogen-bond acceptors (Lipinski definition) is 3. The van der Waals surface area contributed by atoms with Crippen LogP contribution in [0.3, 0.4) is 0 Å². The second-order valence-electron chi connectivity index (χ2n) is 16.9. The summed E-state index contributed by atoms with van der Waals surface area (Å²) in [5.41, 5.74) is 0. The van der Waals surface area contributed by atoms with Gasteiger partial charge in [-0.1, -0.05) is 264 Å². The molecule has 0 aromatic carbocycles. The van der Waals surface area contributed by atoms with E-state index in [9.17, 15) is 15.0 Å². The molecule has 0 saturated heterocycles. The van der Waals surface area contributed by atoms with E-state index in [1.165, 1.54) is 231 Å². The monoisotopic (exact) mass is 736 g/mol. The third kappa shape index (κ3) is 40.6. The summed E-state index contributed by atoms with van der Waals surface area (Å²) < 4.78 is 0. The van der Waals surface area contributed by atoms with Crippen molar-refractivity contribution in [2.24, 2.45) is 0 Å². The Kier molecular flexibility index (Phi) is 44.3. The summed E-state index contributed by atoms with van der Waals surface area (Å²) in [5.74, 6) is -0.0259. The highest BCUT2D eigenvalue weighted by molar-refractivity contribution is 5.76. The maximum Gasteiger partial charge on any atom is 0.220 e. The normalized spacial score (nSPS) is 12.8. The van der Waals surface area contributed by atoms with E-state index >= 15 is 0 Å². The third-order valence-corrected chi connectivity index (χ3v) is 11.6. The molecule has 0 spiro atoms. The minimum atomic E-state index is -0.652. The average molecular weight is 736 g/mol. The lowest BCUT2D eigenvalue weighted by molar-refractivity contribution is -0.123. The van der Waals surface area contributed by atoms with Crippen LogP contribution in [-0.2, 0) is 4.79 Å². The van der Waals surface area contributed by atoms with E-state index in [0.717, 1.165) is 25.7 Å². The zero-order chi connectivity index (χ0) is 37.8. The third-order valence-electron chi connectivity index (χ3n) is 11.6. The van der Waals surface area contributed by atoms with Crippen LogP contribution in [0.4, 0.5) is 0 Å². The molecular weight excluding hydrogens is 639 g/mol. The van der Waals surface area contributed by atoms with Crippen LogP contribution in [0.25, 0.3) is 0 Å². The molecule has 312 valence electrons. The highest BCUT2D eigenvalue weighted by Gasteiger charge is 2.20. The molecule has 4 nitrogen and oxygen atoms in total. The molecule has 0 radical (unpaired) electrons. The first-order chi connectivity index (χ1) is 25.7. The van der Waals surface area contributed by atoms with E-state index in [2.05, 4.69) is 19.2 Å². The molecule has 0 aromatic heterocycles. The van der Waals surface area contributed by atoms with Crippen molar-refractivity contribution < 1.29 is 15.0 Å². The Bertz CT molecular complexity index is 670. The lowest BCUT2D eigenvalue weighted by atomic mass is 10.0. The van der Waals surface area contributed by atoms with Gasteiger partial charge in [0.15, 0.2) is 0 Å². The smallest absolute Gasteiger partial charge is 0.220 e. The molecule has 0 aliphatic rings. The van der Waals surface area contributed by atoms with Gasteiger partial charge in [-0.25, -0.2) is 0 Å². The van der Waals surface area contributed by atoms with Crippen LogP contribution in [0.5, 0.6) is 0 Å². The molecule has 0 saturated carbocycles. The molecule has 0 heterocycles. The Hall–Kier alpha value is -0.610. The van der Waals surface area contributed by atoms with E-state index in [4.69, 9.17) is 0 Å². The van der Waals surface area contributed by atoms with Crippen molar-refractivity contribution in [1.29, 1.82) is 0 Å². The Morgan fingerprint density at radius 2 is 0.615 bits per heavy atom. The highest BCUT2D eigenvalue weighted by atomic mass is 16.3. The second-order valence-corrected chi connectivity index (χ2v) is 16.9. The van der Waals surface area contributed by atoms with Crippen LogP contribution in [0.1, 0.15) is 284 Å². The van der Waals surface area contributed by atoms with Gasteiger partial charge in [-0.15, -0.1) is 0 Å². The lowest BCUT2D eigenvalue weighted by Crippen LogP contribution is -2.45. The molecule has 0 aromatic rings. The van der Waals surface area contributed by atoms with Gasteiger partial charge in [-0.2, -0.15) is 0 Å². The van der Waals surface area contributed by atoms with E-state index in [-0.39, 0.29) is 12.5 Å². The van der Waals surface area contributed by atoms with Crippen molar-refractivity contribution in [2.45, 2.75) is 296 Å². The molecule has 0 aliphatic heterocycles. The minimum absolute atomic E-state index is 0.0259. The molecule has 0 fully saturated rings. The zero-order valence-corrected chi connectivity index (χ0v) is 35.9. The number of nitrogens with one attached hydrogen (secondary N) is 1. The fourth-order valence-corrected chi connectivity index (χ4v) is 7.89. The number of amides is 1. The van der Waals surface area contributed by atoms with Gasteiger partial charge in [0.25, 0.3) is 0 Å². The van der Waals surface area contributed by atoms with Crippen molar-refractivity contribution in [3.8, 4) is 0 Å². The maximum atomic E-state index is 12.4. The summed E-state index contributed by atoms with van der Waals surface area (Å²) in [4.78, 5) is 12.4. The fourth-order valence-electron chi connectivity index (χ4n) is 7.89. The van der Waals surface area contributed by atoms with Crippen LogP contribution in [-0.4, -0.2) is 34.9 Å². The lowest BCUT2D eigenvalue weighted by Gasteiger charge is -2.22. The summed E-state index contributed by atoms with van der Waals surface area (Å²) in [6, 6.07) is -0.528. The molecule has 52 heavy (non-hydrogen) atoms. The predicted molar refractivity (Wildman–Crippen MR) is 230 cm³/mol. The van der Waals surface area contributed by atoms with E-state index in [1.807, 2.05) is 0 Å². The molecule has 0 aliphatic carbocycles. The first kappa shape index (κ1) is 51.4. The Morgan fingerprint density at radius 3 is 0.865 bits per heavy atom. The number of rotatable bonds is 45. The van der Waals surface area contributed by atoms with Gasteiger partial charge in [0.2, 0.25) is 5.91 Å². The van der Waals surface area contributed by atoms with E-state index < -0.39 is 12.1 Å². The molecule has 0 bridgehead atoms. The Balaban J connectivity index is 3.36. The average Bonchev–Trinajstić information content (AvgIpc) is 3.15. The van der Waals surface area contributed by atoms with Crippen molar-refractivity contribution in [3.05, 3.63) is 0 Å². The van der Waals surface area contributed by atoms with Crippen LogP contribution < -0.4 is 5.32 Å². The number of unbranched alkanes of at least 4 members (excludes halogenated alkanes) is 38. The number of aliphatic hydroxyl groups is 2. The summed E-state index contributed by atoms with van der Waals surface area (Å²) in [7, 11) is 0. The summed E-state index contributed by atoms with van der Waals surface area (Å²) >= 11 is 0. The maximum absolute atomic E-state index is 12.4. The van der Waals surface area contributed by atoms with Gasteiger partial charge < -0.3 is 15.5 Å². The van der Waals surface area contributed by atoms with Crippen molar-refractivity contribution in [3.63, 3.8) is 0 Å². The molecular formula is C48H97NO3. The number of carbonyl (C=O) groups is 1.